The van der Waals surface area contributed by atoms with E-state index in [0.717, 1.165) is 6.42 Å². The van der Waals surface area contributed by atoms with Crippen LogP contribution < -0.4 is 4.72 Å². The van der Waals surface area contributed by atoms with E-state index < -0.39 is 10.0 Å². The number of hydrogen-bond acceptors (Lipinski definition) is 3. The van der Waals surface area contributed by atoms with Crippen molar-refractivity contribution < 1.29 is 13.5 Å². The number of anilines is 1. The molecule has 1 rings (SSSR count). The molecular weight excluding hydrogens is 298 g/mol. The Kier molecular flexibility index (Phi) is 6.86. The van der Waals surface area contributed by atoms with Crippen LogP contribution in [0.15, 0.2) is 18.2 Å². The molecule has 0 spiro atoms. The maximum absolute atomic E-state index is 11.9. The molecule has 0 saturated heterocycles. The topological polar surface area (TPSA) is 66.4 Å². The zero-order chi connectivity index (χ0) is 15.0. The van der Waals surface area contributed by atoms with E-state index in [9.17, 15) is 8.42 Å². The van der Waals surface area contributed by atoms with Crippen LogP contribution in [-0.2, 0) is 10.0 Å². The molecule has 0 saturated carbocycles. The lowest BCUT2D eigenvalue weighted by molar-refractivity contribution is 0.305. The number of nitrogens with one attached hydrogen (secondary N) is 1. The van der Waals surface area contributed by atoms with Crippen LogP contribution >= 0.6 is 11.6 Å². The highest BCUT2D eigenvalue weighted by molar-refractivity contribution is 7.92. The highest BCUT2D eigenvalue weighted by Crippen LogP contribution is 2.21. The van der Waals surface area contributed by atoms with E-state index >= 15 is 0 Å². The van der Waals surface area contributed by atoms with Gasteiger partial charge in [0.2, 0.25) is 10.0 Å². The molecule has 0 aliphatic carbocycles. The SMILES string of the molecule is CCCCS(=O)(=O)Nc1cc(Cl)ccc1C#CCCO. The fourth-order valence-corrected chi connectivity index (χ4v) is 2.92. The van der Waals surface area contributed by atoms with Crippen LogP contribution in [0.4, 0.5) is 5.69 Å². The number of rotatable bonds is 6. The first kappa shape index (κ1) is 16.8. The summed E-state index contributed by atoms with van der Waals surface area (Å²) < 4.78 is 26.3. The molecule has 0 aliphatic rings. The van der Waals surface area contributed by atoms with Crippen molar-refractivity contribution in [3.05, 3.63) is 28.8 Å². The molecule has 0 fully saturated rings. The van der Waals surface area contributed by atoms with Gasteiger partial charge in [-0.05, 0) is 24.6 Å². The van der Waals surface area contributed by atoms with Crippen molar-refractivity contribution in [1.29, 1.82) is 0 Å². The number of unbranched alkanes of at least 4 members (excludes halogenated alkanes) is 1. The van der Waals surface area contributed by atoms with E-state index in [1.165, 1.54) is 6.07 Å². The zero-order valence-electron chi connectivity index (χ0n) is 11.3. The first-order chi connectivity index (χ1) is 9.48. The van der Waals surface area contributed by atoms with Gasteiger partial charge in [0.15, 0.2) is 0 Å². The third-order valence-corrected chi connectivity index (χ3v) is 4.07. The van der Waals surface area contributed by atoms with Crippen molar-refractivity contribution in [3.63, 3.8) is 0 Å². The maximum atomic E-state index is 11.9. The van der Waals surface area contributed by atoms with Crippen molar-refractivity contribution in [2.24, 2.45) is 0 Å². The maximum Gasteiger partial charge on any atom is 0.232 e. The first-order valence-electron chi connectivity index (χ1n) is 6.38. The van der Waals surface area contributed by atoms with Crippen molar-refractivity contribution in [2.45, 2.75) is 26.2 Å². The third kappa shape index (κ3) is 5.83. The summed E-state index contributed by atoms with van der Waals surface area (Å²) in [6.07, 6.45) is 1.74. The normalized spacial score (nSPS) is 10.8. The van der Waals surface area contributed by atoms with Crippen LogP contribution in [0.2, 0.25) is 5.02 Å². The molecule has 1 aromatic carbocycles. The van der Waals surface area contributed by atoms with E-state index in [-0.39, 0.29) is 12.4 Å². The Morgan fingerprint density at radius 3 is 2.80 bits per heavy atom. The van der Waals surface area contributed by atoms with Gasteiger partial charge in [0.25, 0.3) is 0 Å². The summed E-state index contributed by atoms with van der Waals surface area (Å²) in [4.78, 5) is 0. The minimum Gasteiger partial charge on any atom is -0.395 e. The molecule has 4 nitrogen and oxygen atoms in total. The molecule has 0 unspecified atom stereocenters. The van der Waals surface area contributed by atoms with Gasteiger partial charge >= 0.3 is 0 Å². The minimum absolute atomic E-state index is 0.0296. The monoisotopic (exact) mass is 315 g/mol. The molecule has 6 heteroatoms. The first-order valence-corrected chi connectivity index (χ1v) is 8.41. The van der Waals surface area contributed by atoms with Gasteiger partial charge in [0.1, 0.15) is 0 Å². The van der Waals surface area contributed by atoms with Gasteiger partial charge in [-0.2, -0.15) is 0 Å². The molecule has 0 heterocycles. The lowest BCUT2D eigenvalue weighted by atomic mass is 10.2. The van der Waals surface area contributed by atoms with E-state index in [2.05, 4.69) is 16.6 Å². The van der Waals surface area contributed by atoms with Crippen LogP contribution in [0.3, 0.4) is 0 Å². The number of halogens is 1. The summed E-state index contributed by atoms with van der Waals surface area (Å²) >= 11 is 5.89. The minimum atomic E-state index is -3.39. The fraction of sp³-hybridized carbons (Fsp3) is 0.429. The molecule has 0 aliphatic heterocycles. The fourth-order valence-electron chi connectivity index (χ4n) is 1.48. The Morgan fingerprint density at radius 2 is 2.15 bits per heavy atom. The summed E-state index contributed by atoms with van der Waals surface area (Å²) in [6, 6.07) is 4.84. The summed E-state index contributed by atoms with van der Waals surface area (Å²) in [5.74, 6) is 5.66. The second kappa shape index (κ2) is 8.15. The second-order valence-electron chi connectivity index (χ2n) is 4.24. The molecule has 0 aromatic heterocycles. The van der Waals surface area contributed by atoms with Gasteiger partial charge in [-0.3, -0.25) is 4.72 Å². The van der Waals surface area contributed by atoms with Gasteiger partial charge in [-0.15, -0.1) is 0 Å². The zero-order valence-corrected chi connectivity index (χ0v) is 12.9. The Labute approximate surface area is 125 Å². The Bertz CT molecular complexity index is 603. The Morgan fingerprint density at radius 1 is 1.40 bits per heavy atom. The predicted molar refractivity (Wildman–Crippen MR) is 82.4 cm³/mol. The Balaban J connectivity index is 2.99. The molecule has 20 heavy (non-hydrogen) atoms. The summed E-state index contributed by atoms with van der Waals surface area (Å²) in [5, 5.41) is 9.14. The van der Waals surface area contributed by atoms with E-state index in [4.69, 9.17) is 16.7 Å². The highest BCUT2D eigenvalue weighted by atomic mass is 35.5. The molecule has 0 bridgehead atoms. The predicted octanol–water partition coefficient (Wildman–Crippen LogP) is 2.62. The van der Waals surface area contributed by atoms with Crippen molar-refractivity contribution in [1.82, 2.24) is 0 Å². The summed E-state index contributed by atoms with van der Waals surface area (Å²) in [7, 11) is -3.39. The molecule has 0 atom stereocenters. The van der Waals surface area contributed by atoms with Gasteiger partial charge in [0.05, 0.1) is 18.0 Å². The lowest BCUT2D eigenvalue weighted by Crippen LogP contribution is -2.17. The smallest absolute Gasteiger partial charge is 0.232 e. The molecular formula is C14H18ClNO3S. The van der Waals surface area contributed by atoms with Crippen molar-refractivity contribution in [2.75, 3.05) is 17.1 Å². The van der Waals surface area contributed by atoms with Crippen LogP contribution in [0.1, 0.15) is 31.7 Å². The quantitative estimate of drug-likeness (QED) is 0.793. The molecule has 0 amide bonds. The number of hydrogen-bond donors (Lipinski definition) is 2. The van der Waals surface area contributed by atoms with E-state index in [0.29, 0.717) is 29.1 Å². The molecule has 110 valence electrons. The van der Waals surface area contributed by atoms with Gasteiger partial charge < -0.3 is 5.11 Å². The second-order valence-corrected chi connectivity index (χ2v) is 6.52. The summed E-state index contributed by atoms with van der Waals surface area (Å²) in [6.45, 7) is 1.90. The van der Waals surface area contributed by atoms with Crippen LogP contribution in [0, 0.1) is 11.8 Å². The highest BCUT2D eigenvalue weighted by Gasteiger charge is 2.12. The number of aliphatic hydroxyl groups is 1. The number of benzene rings is 1. The Hall–Kier alpha value is -1.22. The van der Waals surface area contributed by atoms with Gasteiger partial charge in [-0.1, -0.05) is 36.8 Å². The van der Waals surface area contributed by atoms with Gasteiger partial charge in [0, 0.05) is 17.0 Å². The average molecular weight is 316 g/mol. The standard InChI is InChI=1S/C14H18ClNO3S/c1-2-3-10-20(18,19)16-14-11-13(15)8-7-12(14)6-4-5-9-17/h7-8,11,16-17H,2-3,5,9-10H2,1H3. The summed E-state index contributed by atoms with van der Waals surface area (Å²) in [5.41, 5.74) is 0.918. The molecule has 0 radical (unpaired) electrons. The van der Waals surface area contributed by atoms with Crippen LogP contribution in [0.25, 0.3) is 0 Å². The van der Waals surface area contributed by atoms with E-state index in [1.807, 2.05) is 6.92 Å². The number of aliphatic hydroxyl groups excluding tert-OH is 1. The third-order valence-electron chi connectivity index (χ3n) is 2.47. The number of sulfonamides is 1. The van der Waals surface area contributed by atoms with Gasteiger partial charge in [-0.25, -0.2) is 8.42 Å². The van der Waals surface area contributed by atoms with Crippen LogP contribution in [0.5, 0.6) is 0 Å². The van der Waals surface area contributed by atoms with E-state index in [1.54, 1.807) is 12.1 Å². The molecule has 2 N–H and O–H groups in total. The largest absolute Gasteiger partial charge is 0.395 e. The van der Waals surface area contributed by atoms with Crippen molar-refractivity contribution in [3.8, 4) is 11.8 Å². The lowest BCUT2D eigenvalue weighted by Gasteiger charge is -2.10. The van der Waals surface area contributed by atoms with Crippen LogP contribution in [-0.4, -0.2) is 25.9 Å². The average Bonchev–Trinajstić information content (AvgIpc) is 2.39. The van der Waals surface area contributed by atoms with Crippen molar-refractivity contribution >= 4 is 27.3 Å². The molecule has 1 aromatic rings.